The zero-order valence-electron chi connectivity index (χ0n) is 24.4. The van der Waals surface area contributed by atoms with Crippen LogP contribution in [0.4, 0.5) is 33.5 Å². The minimum atomic E-state index is -5.05. The molecule has 232 valence electrons. The van der Waals surface area contributed by atoms with Gasteiger partial charge in [0, 0.05) is 31.9 Å². The fourth-order valence-corrected chi connectivity index (χ4v) is 4.58. The van der Waals surface area contributed by atoms with Crippen molar-refractivity contribution in [2.75, 3.05) is 30.7 Å². The van der Waals surface area contributed by atoms with Gasteiger partial charge in [-0.15, -0.1) is 0 Å². The molecule has 0 spiro atoms. The second-order valence-corrected chi connectivity index (χ2v) is 9.65. The zero-order chi connectivity index (χ0) is 31.5. The van der Waals surface area contributed by atoms with E-state index in [0.29, 0.717) is 37.8 Å². The van der Waals surface area contributed by atoms with Gasteiger partial charge in [-0.05, 0) is 44.5 Å². The number of hydrogen-bond donors (Lipinski definition) is 3. The molecule has 15 heteroatoms. The number of rotatable bonds is 4. The van der Waals surface area contributed by atoms with Crippen molar-refractivity contribution >= 4 is 22.4 Å². The summed E-state index contributed by atoms with van der Waals surface area (Å²) < 4.78 is 86.7. The van der Waals surface area contributed by atoms with Crippen LogP contribution in [0.2, 0.25) is 0 Å². The highest BCUT2D eigenvalue weighted by molar-refractivity contribution is 5.96. The summed E-state index contributed by atoms with van der Waals surface area (Å²) in [4.78, 5) is 12.8. The first-order valence-electron chi connectivity index (χ1n) is 13.7. The summed E-state index contributed by atoms with van der Waals surface area (Å²) in [5, 5.41) is 10.5. The number of nitrogen functional groups attached to an aromatic ring is 1. The Morgan fingerprint density at radius 3 is 2.53 bits per heavy atom. The van der Waals surface area contributed by atoms with Crippen LogP contribution in [-0.2, 0) is 19.8 Å². The van der Waals surface area contributed by atoms with E-state index in [2.05, 4.69) is 30.7 Å². The van der Waals surface area contributed by atoms with Crippen LogP contribution < -0.4 is 25.8 Å². The molecule has 1 aromatic carbocycles. The van der Waals surface area contributed by atoms with Crippen molar-refractivity contribution in [3.63, 3.8) is 0 Å². The fourth-order valence-electron chi connectivity index (χ4n) is 4.58. The largest absolute Gasteiger partial charge is 0.474 e. The SMILES string of the molecule is CC.Cc1c(F)c(N)cc(-c2nc3c4c(nc(OCc5ccn(C)n5)nc4c2F)NCCNCCC(C)O3)c1C(F)(F)F. The predicted molar refractivity (Wildman–Crippen MR) is 152 cm³/mol. The third-order valence-corrected chi connectivity index (χ3v) is 6.55. The number of alkyl halides is 3. The minimum Gasteiger partial charge on any atom is -0.474 e. The first kappa shape index (κ1) is 31.7. The number of benzene rings is 1. The Hall–Kier alpha value is -4.27. The summed E-state index contributed by atoms with van der Waals surface area (Å²) in [6, 6.07) is 2.17. The van der Waals surface area contributed by atoms with E-state index in [4.69, 9.17) is 15.2 Å². The van der Waals surface area contributed by atoms with E-state index in [0.717, 1.165) is 6.92 Å². The number of aromatic nitrogens is 5. The summed E-state index contributed by atoms with van der Waals surface area (Å²) >= 11 is 0. The van der Waals surface area contributed by atoms with Gasteiger partial charge < -0.3 is 25.8 Å². The maximum Gasteiger partial charge on any atom is 0.417 e. The van der Waals surface area contributed by atoms with E-state index < -0.39 is 57.5 Å². The highest BCUT2D eigenvalue weighted by Crippen LogP contribution is 2.44. The molecule has 0 bridgehead atoms. The van der Waals surface area contributed by atoms with Crippen molar-refractivity contribution in [3.05, 3.63) is 46.8 Å². The Kier molecular flexibility index (Phi) is 9.52. The number of aryl methyl sites for hydroxylation is 1. The van der Waals surface area contributed by atoms with Crippen molar-refractivity contribution in [2.45, 2.75) is 53.0 Å². The summed E-state index contributed by atoms with van der Waals surface area (Å²) in [6.45, 7) is 8.09. The molecule has 0 saturated carbocycles. The van der Waals surface area contributed by atoms with Gasteiger partial charge in [0.15, 0.2) is 5.82 Å². The molecule has 0 fully saturated rings. The molecule has 3 aromatic heterocycles. The number of ether oxygens (including phenoxy) is 2. The van der Waals surface area contributed by atoms with Crippen LogP contribution in [0.1, 0.15) is 44.0 Å². The Morgan fingerprint density at radius 2 is 1.86 bits per heavy atom. The number of nitrogens with one attached hydrogen (secondary N) is 2. The molecule has 1 aliphatic rings. The second-order valence-electron chi connectivity index (χ2n) is 9.65. The number of hydrogen-bond acceptors (Lipinski definition) is 9. The van der Waals surface area contributed by atoms with E-state index in [9.17, 15) is 17.6 Å². The lowest BCUT2D eigenvalue weighted by Crippen LogP contribution is -2.26. The Labute approximate surface area is 244 Å². The van der Waals surface area contributed by atoms with Gasteiger partial charge in [0.1, 0.15) is 34.8 Å². The molecule has 0 amide bonds. The number of anilines is 2. The average molecular weight is 609 g/mol. The van der Waals surface area contributed by atoms with Crippen molar-refractivity contribution in [2.24, 2.45) is 7.05 Å². The van der Waals surface area contributed by atoms with Gasteiger partial charge >= 0.3 is 12.2 Å². The monoisotopic (exact) mass is 608 g/mol. The first-order chi connectivity index (χ1) is 20.4. The minimum absolute atomic E-state index is 0.0190. The molecule has 4 heterocycles. The smallest absolute Gasteiger partial charge is 0.417 e. The van der Waals surface area contributed by atoms with E-state index in [-0.39, 0.29) is 29.7 Å². The lowest BCUT2D eigenvalue weighted by atomic mass is 9.96. The molecular formula is C28H33F5N8O2. The van der Waals surface area contributed by atoms with Gasteiger partial charge in [-0.1, -0.05) is 13.8 Å². The summed E-state index contributed by atoms with van der Waals surface area (Å²) in [7, 11) is 1.73. The molecule has 10 nitrogen and oxygen atoms in total. The molecular weight excluding hydrogens is 575 g/mol. The number of pyridine rings is 1. The van der Waals surface area contributed by atoms with Crippen molar-refractivity contribution in [1.29, 1.82) is 0 Å². The molecule has 43 heavy (non-hydrogen) atoms. The van der Waals surface area contributed by atoms with Crippen LogP contribution in [0.5, 0.6) is 11.9 Å². The lowest BCUT2D eigenvalue weighted by molar-refractivity contribution is -0.137. The average Bonchev–Trinajstić information content (AvgIpc) is 3.37. The van der Waals surface area contributed by atoms with E-state index in [1.165, 1.54) is 0 Å². The number of nitrogens with zero attached hydrogens (tertiary/aromatic N) is 5. The van der Waals surface area contributed by atoms with E-state index >= 15 is 4.39 Å². The van der Waals surface area contributed by atoms with Crippen LogP contribution in [0.25, 0.3) is 22.2 Å². The third-order valence-electron chi connectivity index (χ3n) is 6.55. The highest BCUT2D eigenvalue weighted by atomic mass is 19.4. The first-order valence-corrected chi connectivity index (χ1v) is 13.7. The molecule has 0 radical (unpaired) electrons. The number of halogens is 5. The van der Waals surface area contributed by atoms with Gasteiger partial charge in [0.25, 0.3) is 0 Å². The standard InChI is InChI=1S/C26H27F5N8O2.C2H6/c1-12-4-6-33-7-8-34-23-17-22(36-25(37-23)40-11-14-5-9-39(3)38-14)20(28)21(35-24(17)41-12)15-10-16(32)19(27)13(2)18(15)26(29,30)31;1-2/h5,9-10,12,33H,4,6-8,11,32H2,1-3H3,(H,34,36,37);1-2H3. The Morgan fingerprint density at radius 1 is 1.12 bits per heavy atom. The third kappa shape index (κ3) is 6.71. The maximum atomic E-state index is 16.3. The Bertz CT molecular complexity index is 1610. The maximum absolute atomic E-state index is 16.3. The highest BCUT2D eigenvalue weighted by Gasteiger charge is 2.39. The molecule has 0 saturated heterocycles. The van der Waals surface area contributed by atoms with Crippen molar-refractivity contribution < 1.29 is 31.4 Å². The van der Waals surface area contributed by atoms with E-state index in [1.807, 2.05) is 13.8 Å². The molecule has 5 rings (SSSR count). The predicted octanol–water partition coefficient (Wildman–Crippen LogP) is 5.39. The summed E-state index contributed by atoms with van der Waals surface area (Å²) in [5.41, 5.74) is 1.55. The molecule has 4 aromatic rings. The van der Waals surface area contributed by atoms with Crippen LogP contribution in [0, 0.1) is 18.6 Å². The Balaban J connectivity index is 0.00000207. The van der Waals surface area contributed by atoms with Crippen LogP contribution in [-0.4, -0.2) is 50.5 Å². The van der Waals surface area contributed by atoms with Gasteiger partial charge in [-0.3, -0.25) is 4.68 Å². The topological polar surface area (TPSA) is 125 Å². The van der Waals surface area contributed by atoms with Crippen molar-refractivity contribution in [3.8, 4) is 23.1 Å². The van der Waals surface area contributed by atoms with E-state index in [1.54, 1.807) is 30.9 Å². The summed E-state index contributed by atoms with van der Waals surface area (Å²) in [6.07, 6.45) is -3.29. The fraction of sp³-hybridized carbons (Fsp3) is 0.429. The molecule has 1 aliphatic heterocycles. The summed E-state index contributed by atoms with van der Waals surface area (Å²) in [5.74, 6) is -2.55. The lowest BCUT2D eigenvalue weighted by Gasteiger charge is -2.21. The van der Waals surface area contributed by atoms with Gasteiger partial charge in [0.2, 0.25) is 5.88 Å². The quantitative estimate of drug-likeness (QED) is 0.207. The van der Waals surface area contributed by atoms with Crippen LogP contribution >= 0.6 is 0 Å². The van der Waals surface area contributed by atoms with Gasteiger partial charge in [-0.2, -0.15) is 28.2 Å². The molecule has 1 atom stereocenters. The second kappa shape index (κ2) is 12.9. The molecule has 0 aliphatic carbocycles. The van der Waals surface area contributed by atoms with Crippen LogP contribution in [0.3, 0.4) is 0 Å². The van der Waals surface area contributed by atoms with Crippen LogP contribution in [0.15, 0.2) is 18.3 Å². The van der Waals surface area contributed by atoms with Gasteiger partial charge in [0.05, 0.1) is 23.0 Å². The molecule has 1 unspecified atom stereocenters. The molecule has 4 N–H and O–H groups in total. The van der Waals surface area contributed by atoms with Gasteiger partial charge in [-0.25, -0.2) is 13.8 Å². The zero-order valence-corrected chi connectivity index (χ0v) is 24.4. The number of nitrogens with two attached hydrogens (primary N) is 1. The normalized spacial score (nSPS) is 15.5. The van der Waals surface area contributed by atoms with Crippen molar-refractivity contribution in [1.82, 2.24) is 30.0 Å².